The van der Waals surface area contributed by atoms with Crippen LogP contribution in [0.1, 0.15) is 12.5 Å². The second kappa shape index (κ2) is 6.90. The van der Waals surface area contributed by atoms with Gasteiger partial charge in [-0.25, -0.2) is 4.98 Å². The Balaban J connectivity index is 2.18. The summed E-state index contributed by atoms with van der Waals surface area (Å²) in [4.78, 5) is 14.8. The van der Waals surface area contributed by atoms with Gasteiger partial charge in [-0.2, -0.15) is 0 Å². The van der Waals surface area contributed by atoms with Gasteiger partial charge in [-0.05, 0) is 30.7 Å². The first-order chi connectivity index (χ1) is 10.1. The highest BCUT2D eigenvalue weighted by Crippen LogP contribution is 2.24. The second-order valence-electron chi connectivity index (χ2n) is 4.33. The van der Waals surface area contributed by atoms with Gasteiger partial charge in [-0.3, -0.25) is 10.1 Å². The maximum Gasteiger partial charge on any atom is 0.311 e. The Morgan fingerprint density at radius 1 is 1.19 bits per heavy atom. The highest BCUT2D eigenvalue weighted by molar-refractivity contribution is 6.30. The number of nitro groups is 1. The number of halogens is 1. The van der Waals surface area contributed by atoms with Crippen LogP contribution in [0.15, 0.2) is 36.4 Å². The summed E-state index contributed by atoms with van der Waals surface area (Å²) in [5.74, 6) is 0.843. The summed E-state index contributed by atoms with van der Waals surface area (Å²) in [6.45, 7) is 3.06. The molecule has 0 atom stereocenters. The molecule has 0 radical (unpaired) electrons. The zero-order chi connectivity index (χ0) is 15.2. The van der Waals surface area contributed by atoms with E-state index in [4.69, 9.17) is 11.6 Å². The van der Waals surface area contributed by atoms with Gasteiger partial charge >= 0.3 is 5.69 Å². The fourth-order valence-electron chi connectivity index (χ4n) is 1.80. The molecule has 2 rings (SSSR count). The highest BCUT2D eigenvalue weighted by Gasteiger charge is 2.15. The molecule has 0 aliphatic carbocycles. The third-order valence-corrected chi connectivity index (χ3v) is 3.05. The summed E-state index contributed by atoms with van der Waals surface area (Å²) in [7, 11) is 0. The van der Waals surface area contributed by atoms with Crippen LogP contribution in [0.3, 0.4) is 0 Å². The van der Waals surface area contributed by atoms with Crippen molar-refractivity contribution in [2.45, 2.75) is 13.5 Å². The average Bonchev–Trinajstić information content (AvgIpc) is 2.47. The topological polar surface area (TPSA) is 80.1 Å². The molecule has 0 saturated heterocycles. The number of hydrogen-bond donors (Lipinski definition) is 2. The number of nitrogens with one attached hydrogen (secondary N) is 2. The summed E-state index contributed by atoms with van der Waals surface area (Å²) in [6, 6.07) is 10.3. The Morgan fingerprint density at radius 3 is 2.52 bits per heavy atom. The second-order valence-corrected chi connectivity index (χ2v) is 4.77. The maximum absolute atomic E-state index is 11.0. The van der Waals surface area contributed by atoms with Crippen LogP contribution in [0, 0.1) is 10.1 Å². The van der Waals surface area contributed by atoms with E-state index < -0.39 is 4.92 Å². The van der Waals surface area contributed by atoms with E-state index in [-0.39, 0.29) is 11.5 Å². The zero-order valence-corrected chi connectivity index (χ0v) is 12.2. The number of pyridine rings is 1. The van der Waals surface area contributed by atoms with E-state index in [0.29, 0.717) is 23.9 Å². The van der Waals surface area contributed by atoms with E-state index in [2.05, 4.69) is 15.6 Å². The van der Waals surface area contributed by atoms with E-state index in [9.17, 15) is 10.1 Å². The molecule has 0 unspecified atom stereocenters. The first-order valence-corrected chi connectivity index (χ1v) is 6.85. The van der Waals surface area contributed by atoms with Crippen molar-refractivity contribution in [1.29, 1.82) is 0 Å². The van der Waals surface area contributed by atoms with Crippen LogP contribution >= 0.6 is 11.6 Å². The standard InChI is InChI=1S/C14H15ClN4O2/c1-2-16-13-8-7-12(19(20)21)14(18-13)17-9-10-3-5-11(15)6-4-10/h3-8H,2,9H2,1H3,(H2,16,17,18). The molecule has 2 N–H and O–H groups in total. The molecule has 7 heteroatoms. The van der Waals surface area contributed by atoms with Crippen LogP contribution in [0.4, 0.5) is 17.3 Å². The maximum atomic E-state index is 11.0. The molecule has 2 aromatic rings. The Labute approximate surface area is 127 Å². The van der Waals surface area contributed by atoms with Gasteiger partial charge in [0, 0.05) is 24.2 Å². The minimum absolute atomic E-state index is 0.0504. The molecule has 0 aliphatic heterocycles. The van der Waals surface area contributed by atoms with Crippen LogP contribution in [0.2, 0.25) is 5.02 Å². The minimum atomic E-state index is -0.451. The third-order valence-electron chi connectivity index (χ3n) is 2.80. The molecule has 0 saturated carbocycles. The van der Waals surface area contributed by atoms with Crippen molar-refractivity contribution in [2.24, 2.45) is 0 Å². The summed E-state index contributed by atoms with van der Waals surface area (Å²) >= 11 is 5.82. The van der Waals surface area contributed by atoms with Gasteiger partial charge in [0.05, 0.1) is 4.92 Å². The summed E-state index contributed by atoms with van der Waals surface area (Å²) < 4.78 is 0. The van der Waals surface area contributed by atoms with Crippen LogP contribution in [-0.4, -0.2) is 16.5 Å². The van der Waals surface area contributed by atoms with Crippen molar-refractivity contribution < 1.29 is 4.92 Å². The van der Waals surface area contributed by atoms with Crippen molar-refractivity contribution >= 4 is 28.9 Å². The van der Waals surface area contributed by atoms with E-state index in [1.54, 1.807) is 18.2 Å². The Morgan fingerprint density at radius 2 is 1.90 bits per heavy atom. The molecule has 0 bridgehead atoms. The number of aromatic nitrogens is 1. The fourth-order valence-corrected chi connectivity index (χ4v) is 1.92. The average molecular weight is 307 g/mol. The van der Waals surface area contributed by atoms with Crippen molar-refractivity contribution in [3.63, 3.8) is 0 Å². The lowest BCUT2D eigenvalue weighted by atomic mass is 10.2. The molecular formula is C14H15ClN4O2. The quantitative estimate of drug-likeness (QED) is 0.628. The molecule has 110 valence electrons. The first kappa shape index (κ1) is 15.1. The number of benzene rings is 1. The van der Waals surface area contributed by atoms with Gasteiger partial charge < -0.3 is 10.6 Å². The normalized spacial score (nSPS) is 10.2. The molecule has 1 heterocycles. The van der Waals surface area contributed by atoms with Crippen molar-refractivity contribution in [1.82, 2.24) is 4.98 Å². The predicted octanol–water partition coefficient (Wildman–Crippen LogP) is 3.69. The molecule has 0 fully saturated rings. The van der Waals surface area contributed by atoms with Gasteiger partial charge in [-0.15, -0.1) is 0 Å². The van der Waals surface area contributed by atoms with Crippen LogP contribution in [-0.2, 0) is 6.54 Å². The van der Waals surface area contributed by atoms with Crippen LogP contribution in [0.25, 0.3) is 0 Å². The monoisotopic (exact) mass is 306 g/mol. The Hall–Kier alpha value is -2.34. The van der Waals surface area contributed by atoms with Crippen molar-refractivity contribution in [3.8, 4) is 0 Å². The lowest BCUT2D eigenvalue weighted by Crippen LogP contribution is -2.07. The Kier molecular flexibility index (Phi) is 4.94. The van der Waals surface area contributed by atoms with Crippen molar-refractivity contribution in [3.05, 3.63) is 57.1 Å². The number of anilines is 2. The highest BCUT2D eigenvalue weighted by atomic mass is 35.5. The first-order valence-electron chi connectivity index (χ1n) is 6.47. The van der Waals surface area contributed by atoms with Gasteiger partial charge in [0.25, 0.3) is 0 Å². The number of hydrogen-bond acceptors (Lipinski definition) is 5. The lowest BCUT2D eigenvalue weighted by molar-refractivity contribution is -0.384. The van der Waals surface area contributed by atoms with Crippen LogP contribution < -0.4 is 10.6 Å². The predicted molar refractivity (Wildman–Crippen MR) is 83.8 cm³/mol. The number of rotatable bonds is 6. The zero-order valence-electron chi connectivity index (χ0n) is 11.5. The van der Waals surface area contributed by atoms with E-state index in [1.165, 1.54) is 6.07 Å². The fraction of sp³-hybridized carbons (Fsp3) is 0.214. The van der Waals surface area contributed by atoms with Gasteiger partial charge in [0.15, 0.2) is 0 Å². The third kappa shape index (κ3) is 4.06. The van der Waals surface area contributed by atoms with Gasteiger partial charge in [0.1, 0.15) is 5.82 Å². The molecule has 0 spiro atoms. The smallest absolute Gasteiger partial charge is 0.311 e. The Bertz CT molecular complexity index is 631. The lowest BCUT2D eigenvalue weighted by Gasteiger charge is -2.09. The number of nitrogens with zero attached hydrogens (tertiary/aromatic N) is 2. The summed E-state index contributed by atoms with van der Waals surface area (Å²) in [5, 5.41) is 17.7. The van der Waals surface area contributed by atoms with Gasteiger partial charge in [-0.1, -0.05) is 23.7 Å². The van der Waals surface area contributed by atoms with E-state index in [1.807, 2.05) is 19.1 Å². The molecule has 0 aliphatic rings. The molecule has 1 aromatic carbocycles. The molecule has 6 nitrogen and oxygen atoms in total. The largest absolute Gasteiger partial charge is 0.370 e. The molecule has 1 aromatic heterocycles. The van der Waals surface area contributed by atoms with E-state index >= 15 is 0 Å². The summed E-state index contributed by atoms with van der Waals surface area (Å²) in [5.41, 5.74) is 0.912. The SMILES string of the molecule is CCNc1ccc([N+](=O)[O-])c(NCc2ccc(Cl)cc2)n1. The van der Waals surface area contributed by atoms with Crippen LogP contribution in [0.5, 0.6) is 0 Å². The molecule has 21 heavy (non-hydrogen) atoms. The minimum Gasteiger partial charge on any atom is -0.370 e. The molecular weight excluding hydrogens is 292 g/mol. The molecule has 0 amide bonds. The van der Waals surface area contributed by atoms with E-state index in [0.717, 1.165) is 5.56 Å². The van der Waals surface area contributed by atoms with Crippen molar-refractivity contribution in [2.75, 3.05) is 17.2 Å². The van der Waals surface area contributed by atoms with Gasteiger partial charge in [0.2, 0.25) is 5.82 Å². The summed E-state index contributed by atoms with van der Waals surface area (Å²) in [6.07, 6.45) is 0.